The van der Waals surface area contributed by atoms with Crippen LogP contribution in [0.4, 0.5) is 0 Å². The Hall–Kier alpha value is -0.900. The molecule has 0 radical (unpaired) electrons. The van der Waals surface area contributed by atoms with Gasteiger partial charge < -0.3 is 4.74 Å². The van der Waals surface area contributed by atoms with E-state index in [2.05, 4.69) is 31.1 Å². The molecule has 1 aromatic rings. The second kappa shape index (κ2) is 4.55. The molecular weight excluding hydrogens is 178 g/mol. The van der Waals surface area contributed by atoms with Gasteiger partial charge in [0.05, 0.1) is 5.69 Å². The van der Waals surface area contributed by atoms with Crippen molar-refractivity contribution in [2.45, 2.75) is 39.2 Å². The van der Waals surface area contributed by atoms with Gasteiger partial charge in [-0.25, -0.2) is 0 Å². The highest BCUT2D eigenvalue weighted by Crippen LogP contribution is 2.18. The lowest BCUT2D eigenvalue weighted by Gasteiger charge is -2.12. The van der Waals surface area contributed by atoms with E-state index in [9.17, 15) is 0 Å². The van der Waals surface area contributed by atoms with Gasteiger partial charge in [-0.15, -0.1) is 5.10 Å². The van der Waals surface area contributed by atoms with E-state index < -0.39 is 0 Å². The first-order chi connectivity index (χ1) is 6.54. The molecule has 80 valence electrons. The first kappa shape index (κ1) is 11.2. The number of hydrogen-bond donors (Lipinski definition) is 0. The molecular formula is C10H19N3O. The smallest absolute Gasteiger partial charge is 0.0880 e. The van der Waals surface area contributed by atoms with Gasteiger partial charge in [0.2, 0.25) is 0 Å². The molecule has 14 heavy (non-hydrogen) atoms. The number of aromatic nitrogens is 3. The Morgan fingerprint density at radius 3 is 2.64 bits per heavy atom. The van der Waals surface area contributed by atoms with E-state index in [1.54, 1.807) is 7.11 Å². The predicted octanol–water partition coefficient (Wildman–Crippen LogP) is 1.61. The van der Waals surface area contributed by atoms with Gasteiger partial charge in [0.15, 0.2) is 0 Å². The van der Waals surface area contributed by atoms with Crippen molar-refractivity contribution in [3.05, 3.63) is 11.9 Å². The fraction of sp³-hybridized carbons (Fsp3) is 0.800. The number of methoxy groups -OCH3 is 1. The SMILES string of the molecule is COCCCn1cc(C(C)(C)C)nn1. The molecule has 4 nitrogen and oxygen atoms in total. The highest BCUT2D eigenvalue weighted by Gasteiger charge is 2.17. The van der Waals surface area contributed by atoms with E-state index in [-0.39, 0.29) is 5.41 Å². The van der Waals surface area contributed by atoms with Gasteiger partial charge in [-0.1, -0.05) is 26.0 Å². The third-order valence-electron chi connectivity index (χ3n) is 2.04. The normalized spacial score (nSPS) is 12.0. The van der Waals surface area contributed by atoms with E-state index in [0.29, 0.717) is 0 Å². The molecule has 0 aliphatic rings. The topological polar surface area (TPSA) is 39.9 Å². The summed E-state index contributed by atoms with van der Waals surface area (Å²) < 4.78 is 6.85. The minimum absolute atomic E-state index is 0.0828. The lowest BCUT2D eigenvalue weighted by atomic mass is 9.93. The summed E-state index contributed by atoms with van der Waals surface area (Å²) in [5.41, 5.74) is 1.12. The third-order valence-corrected chi connectivity index (χ3v) is 2.04. The van der Waals surface area contributed by atoms with Crippen molar-refractivity contribution in [1.82, 2.24) is 15.0 Å². The molecule has 1 rings (SSSR count). The van der Waals surface area contributed by atoms with Crippen molar-refractivity contribution < 1.29 is 4.74 Å². The standard InChI is InChI=1S/C10H19N3O/c1-10(2,3)9-8-13(12-11-9)6-5-7-14-4/h8H,5-7H2,1-4H3. The molecule has 0 aliphatic carbocycles. The van der Waals surface area contributed by atoms with Crippen LogP contribution >= 0.6 is 0 Å². The monoisotopic (exact) mass is 197 g/mol. The minimum atomic E-state index is 0.0828. The van der Waals surface area contributed by atoms with Crippen LogP contribution in [0.3, 0.4) is 0 Å². The molecule has 0 N–H and O–H groups in total. The molecule has 0 bridgehead atoms. The van der Waals surface area contributed by atoms with Crippen molar-refractivity contribution in [2.75, 3.05) is 13.7 Å². The average Bonchev–Trinajstić information content (AvgIpc) is 2.52. The third kappa shape index (κ3) is 3.10. The number of hydrogen-bond acceptors (Lipinski definition) is 3. The zero-order valence-corrected chi connectivity index (χ0v) is 9.45. The van der Waals surface area contributed by atoms with Crippen molar-refractivity contribution in [1.29, 1.82) is 0 Å². The molecule has 0 amide bonds. The fourth-order valence-corrected chi connectivity index (χ4v) is 1.12. The quantitative estimate of drug-likeness (QED) is 0.688. The van der Waals surface area contributed by atoms with Crippen molar-refractivity contribution in [3.8, 4) is 0 Å². The summed E-state index contributed by atoms with van der Waals surface area (Å²) in [5.74, 6) is 0. The van der Waals surface area contributed by atoms with Gasteiger partial charge in [0.25, 0.3) is 0 Å². The van der Waals surface area contributed by atoms with Crippen LogP contribution in [0.15, 0.2) is 6.20 Å². The Bertz CT molecular complexity index is 275. The average molecular weight is 197 g/mol. The Morgan fingerprint density at radius 2 is 2.14 bits per heavy atom. The Kier molecular flexibility index (Phi) is 3.63. The lowest BCUT2D eigenvalue weighted by Crippen LogP contribution is -2.11. The van der Waals surface area contributed by atoms with Gasteiger partial charge in [-0.3, -0.25) is 4.68 Å². The van der Waals surface area contributed by atoms with Crippen LogP contribution in [0.25, 0.3) is 0 Å². The number of aryl methyl sites for hydroxylation is 1. The molecule has 0 fully saturated rings. The number of rotatable bonds is 4. The summed E-state index contributed by atoms with van der Waals surface area (Å²) in [6.07, 6.45) is 2.99. The maximum Gasteiger partial charge on any atom is 0.0880 e. The molecule has 1 aromatic heterocycles. The van der Waals surface area contributed by atoms with Crippen LogP contribution in [0.5, 0.6) is 0 Å². The minimum Gasteiger partial charge on any atom is -0.385 e. The molecule has 0 unspecified atom stereocenters. The van der Waals surface area contributed by atoms with E-state index in [1.165, 1.54) is 0 Å². The predicted molar refractivity (Wildman–Crippen MR) is 55.2 cm³/mol. The molecule has 0 aromatic carbocycles. The summed E-state index contributed by atoms with van der Waals surface area (Å²) in [4.78, 5) is 0. The first-order valence-corrected chi connectivity index (χ1v) is 4.93. The Labute approximate surface area is 85.3 Å². The van der Waals surface area contributed by atoms with Crippen LogP contribution in [0.2, 0.25) is 0 Å². The number of nitrogens with zero attached hydrogens (tertiary/aromatic N) is 3. The van der Waals surface area contributed by atoms with Crippen LogP contribution in [0, 0.1) is 0 Å². The lowest BCUT2D eigenvalue weighted by molar-refractivity contribution is 0.188. The summed E-state index contributed by atoms with van der Waals surface area (Å²) in [6.45, 7) is 8.05. The Balaban J connectivity index is 2.51. The molecule has 0 aliphatic heterocycles. The zero-order valence-electron chi connectivity index (χ0n) is 9.45. The van der Waals surface area contributed by atoms with Crippen LogP contribution < -0.4 is 0 Å². The van der Waals surface area contributed by atoms with Crippen molar-refractivity contribution in [2.24, 2.45) is 0 Å². The van der Waals surface area contributed by atoms with Crippen LogP contribution in [-0.4, -0.2) is 28.7 Å². The zero-order chi connectivity index (χ0) is 10.6. The van der Waals surface area contributed by atoms with Crippen LogP contribution in [0.1, 0.15) is 32.9 Å². The van der Waals surface area contributed by atoms with Gasteiger partial charge in [-0.05, 0) is 6.42 Å². The highest BCUT2D eigenvalue weighted by atomic mass is 16.5. The largest absolute Gasteiger partial charge is 0.385 e. The van der Waals surface area contributed by atoms with Crippen molar-refractivity contribution in [3.63, 3.8) is 0 Å². The van der Waals surface area contributed by atoms with Gasteiger partial charge in [0.1, 0.15) is 0 Å². The van der Waals surface area contributed by atoms with Crippen molar-refractivity contribution >= 4 is 0 Å². The van der Waals surface area contributed by atoms with Gasteiger partial charge >= 0.3 is 0 Å². The molecule has 0 atom stereocenters. The molecule has 1 heterocycles. The van der Waals surface area contributed by atoms with Gasteiger partial charge in [0, 0.05) is 31.9 Å². The van der Waals surface area contributed by atoms with Crippen LogP contribution in [-0.2, 0) is 16.7 Å². The summed E-state index contributed by atoms with van der Waals surface area (Å²) in [6, 6.07) is 0. The highest BCUT2D eigenvalue weighted by molar-refractivity contribution is 5.06. The molecule has 0 saturated carbocycles. The Morgan fingerprint density at radius 1 is 1.43 bits per heavy atom. The maximum absolute atomic E-state index is 4.98. The van der Waals surface area contributed by atoms with E-state index in [4.69, 9.17) is 4.74 Å². The summed E-state index contributed by atoms with van der Waals surface area (Å²) in [7, 11) is 1.71. The molecule has 0 saturated heterocycles. The molecule has 0 spiro atoms. The van der Waals surface area contributed by atoms with E-state index in [1.807, 2.05) is 10.9 Å². The number of ether oxygens (including phenoxy) is 1. The van der Waals surface area contributed by atoms with E-state index >= 15 is 0 Å². The maximum atomic E-state index is 4.98. The first-order valence-electron chi connectivity index (χ1n) is 4.93. The summed E-state index contributed by atoms with van der Waals surface area (Å²) >= 11 is 0. The van der Waals surface area contributed by atoms with Gasteiger partial charge in [-0.2, -0.15) is 0 Å². The molecule has 4 heteroatoms. The second-order valence-corrected chi connectivity index (χ2v) is 4.46. The van der Waals surface area contributed by atoms with E-state index in [0.717, 1.165) is 25.3 Å². The second-order valence-electron chi connectivity index (χ2n) is 4.46. The summed E-state index contributed by atoms with van der Waals surface area (Å²) in [5, 5.41) is 8.20. The fourth-order valence-electron chi connectivity index (χ4n) is 1.12.